The van der Waals surface area contributed by atoms with Gasteiger partial charge in [-0.25, -0.2) is 4.98 Å². The number of benzene rings is 2. The summed E-state index contributed by atoms with van der Waals surface area (Å²) in [6.07, 6.45) is 2.13. The van der Waals surface area contributed by atoms with Crippen LogP contribution in [0.5, 0.6) is 0 Å². The maximum absolute atomic E-state index is 12.4. The molecule has 4 aromatic rings. The number of nitrogens with zero attached hydrogens (tertiary/aromatic N) is 4. The quantitative estimate of drug-likeness (QED) is 0.606. The Morgan fingerprint density at radius 3 is 2.52 bits per heavy atom. The van der Waals surface area contributed by atoms with Crippen LogP contribution in [0, 0.1) is 13.8 Å². The Bertz CT molecular complexity index is 1120. The molecule has 0 radical (unpaired) electrons. The smallest absolute Gasteiger partial charge is 0.228 e. The summed E-state index contributed by atoms with van der Waals surface area (Å²) >= 11 is 0. The first kappa shape index (κ1) is 17.0. The van der Waals surface area contributed by atoms with E-state index in [1.165, 1.54) is 0 Å². The average molecular weight is 359 g/mol. The van der Waals surface area contributed by atoms with Crippen LogP contribution in [0.3, 0.4) is 0 Å². The number of aromatic nitrogens is 4. The van der Waals surface area contributed by atoms with E-state index >= 15 is 0 Å². The van der Waals surface area contributed by atoms with E-state index in [0.717, 1.165) is 39.4 Å². The molecule has 1 amide bonds. The summed E-state index contributed by atoms with van der Waals surface area (Å²) in [4.78, 5) is 16.8. The van der Waals surface area contributed by atoms with Crippen LogP contribution in [0.1, 0.15) is 17.0 Å². The Morgan fingerprint density at radius 2 is 1.81 bits per heavy atom. The summed E-state index contributed by atoms with van der Waals surface area (Å²) < 4.78 is 3.84. The third kappa shape index (κ3) is 3.21. The molecule has 0 aliphatic heterocycles. The van der Waals surface area contributed by atoms with Gasteiger partial charge in [-0.2, -0.15) is 5.10 Å². The molecule has 0 atom stereocenters. The van der Waals surface area contributed by atoms with Gasteiger partial charge in [-0.05, 0) is 50.2 Å². The molecule has 0 bridgehead atoms. The maximum atomic E-state index is 12.4. The minimum atomic E-state index is -0.0463. The molecule has 0 saturated heterocycles. The molecule has 27 heavy (non-hydrogen) atoms. The molecule has 2 aromatic heterocycles. The highest BCUT2D eigenvalue weighted by atomic mass is 16.1. The third-order valence-corrected chi connectivity index (χ3v) is 4.88. The lowest BCUT2D eigenvalue weighted by atomic mass is 10.1. The molecule has 6 nitrogen and oxygen atoms in total. The van der Waals surface area contributed by atoms with Crippen molar-refractivity contribution < 1.29 is 4.79 Å². The van der Waals surface area contributed by atoms with Crippen molar-refractivity contribution in [1.82, 2.24) is 19.3 Å². The minimum Gasteiger partial charge on any atom is -0.326 e. The Balaban J connectivity index is 1.50. The molecule has 2 aromatic carbocycles. The fourth-order valence-electron chi connectivity index (χ4n) is 3.31. The summed E-state index contributed by atoms with van der Waals surface area (Å²) in [6, 6.07) is 15.8. The van der Waals surface area contributed by atoms with E-state index in [0.29, 0.717) is 6.42 Å². The van der Waals surface area contributed by atoms with Crippen molar-refractivity contribution in [1.29, 1.82) is 0 Å². The Kier molecular flexibility index (Phi) is 4.24. The van der Waals surface area contributed by atoms with Crippen LogP contribution in [0.4, 0.5) is 5.69 Å². The SMILES string of the molecule is Cc1nn(C)c(C)c1CC(=O)Nc1ccc(-n2cnc3ccccc32)cc1. The maximum Gasteiger partial charge on any atom is 0.228 e. The molecular weight excluding hydrogens is 338 g/mol. The molecule has 136 valence electrons. The van der Waals surface area contributed by atoms with E-state index in [2.05, 4.69) is 15.4 Å². The number of amides is 1. The normalized spacial score (nSPS) is 11.1. The largest absolute Gasteiger partial charge is 0.326 e. The number of carbonyl (C=O) groups is 1. The van der Waals surface area contributed by atoms with Crippen molar-refractivity contribution in [2.75, 3.05) is 5.32 Å². The molecule has 0 spiro atoms. The van der Waals surface area contributed by atoms with Gasteiger partial charge < -0.3 is 5.32 Å². The number of fused-ring (bicyclic) bond motifs is 1. The Morgan fingerprint density at radius 1 is 1.07 bits per heavy atom. The van der Waals surface area contributed by atoms with Gasteiger partial charge in [0, 0.05) is 29.7 Å². The number of hydrogen-bond donors (Lipinski definition) is 1. The van der Waals surface area contributed by atoms with E-state index in [9.17, 15) is 4.79 Å². The first-order valence-corrected chi connectivity index (χ1v) is 8.84. The van der Waals surface area contributed by atoms with Gasteiger partial charge in [-0.15, -0.1) is 0 Å². The first-order valence-electron chi connectivity index (χ1n) is 8.84. The number of para-hydroxylation sites is 2. The fraction of sp³-hybridized carbons (Fsp3) is 0.190. The van der Waals surface area contributed by atoms with E-state index in [1.807, 2.05) is 85.0 Å². The average Bonchev–Trinajstić information content (AvgIpc) is 3.19. The number of imidazole rings is 1. The molecule has 0 fully saturated rings. The summed E-state index contributed by atoms with van der Waals surface area (Å²) in [5.41, 5.74) is 6.68. The number of carbonyl (C=O) groups excluding carboxylic acids is 1. The predicted octanol–water partition coefficient (Wildman–Crippen LogP) is 3.56. The van der Waals surface area contributed by atoms with Gasteiger partial charge in [0.2, 0.25) is 5.91 Å². The topological polar surface area (TPSA) is 64.7 Å². The minimum absolute atomic E-state index is 0.0463. The second-order valence-corrected chi connectivity index (χ2v) is 6.65. The lowest BCUT2D eigenvalue weighted by Gasteiger charge is -2.08. The standard InChI is InChI=1S/C21H21N5O/c1-14-18(15(2)25(3)24-14)12-21(27)23-16-8-10-17(11-9-16)26-13-22-19-6-4-5-7-20(19)26/h4-11,13H,12H2,1-3H3,(H,23,27). The second-order valence-electron chi connectivity index (χ2n) is 6.65. The number of hydrogen-bond acceptors (Lipinski definition) is 3. The van der Waals surface area contributed by atoms with Gasteiger partial charge in [0.25, 0.3) is 0 Å². The second kappa shape index (κ2) is 6.72. The first-order chi connectivity index (χ1) is 13.0. The molecule has 6 heteroatoms. The van der Waals surface area contributed by atoms with Crippen molar-refractivity contribution in [3.05, 3.63) is 71.8 Å². The Labute approximate surface area is 157 Å². The van der Waals surface area contributed by atoms with Gasteiger partial charge in [0.05, 0.1) is 23.1 Å². The number of rotatable bonds is 4. The lowest BCUT2D eigenvalue weighted by Crippen LogP contribution is -2.15. The van der Waals surface area contributed by atoms with E-state index in [1.54, 1.807) is 0 Å². The van der Waals surface area contributed by atoms with Crippen LogP contribution >= 0.6 is 0 Å². The van der Waals surface area contributed by atoms with Crippen LogP contribution in [0.15, 0.2) is 54.9 Å². The number of aryl methyl sites for hydroxylation is 2. The molecule has 0 saturated carbocycles. The zero-order valence-electron chi connectivity index (χ0n) is 15.6. The monoisotopic (exact) mass is 359 g/mol. The fourth-order valence-corrected chi connectivity index (χ4v) is 3.31. The van der Waals surface area contributed by atoms with Gasteiger partial charge in [-0.1, -0.05) is 12.1 Å². The third-order valence-electron chi connectivity index (χ3n) is 4.88. The van der Waals surface area contributed by atoms with Crippen molar-refractivity contribution in [2.45, 2.75) is 20.3 Å². The molecule has 0 aliphatic carbocycles. The van der Waals surface area contributed by atoms with E-state index < -0.39 is 0 Å². The highest BCUT2D eigenvalue weighted by Gasteiger charge is 2.13. The van der Waals surface area contributed by atoms with Crippen LogP contribution in [-0.2, 0) is 18.3 Å². The van der Waals surface area contributed by atoms with Crippen LogP contribution in [0.25, 0.3) is 16.7 Å². The van der Waals surface area contributed by atoms with E-state index in [-0.39, 0.29) is 5.91 Å². The van der Waals surface area contributed by atoms with Crippen LogP contribution < -0.4 is 5.32 Å². The summed E-state index contributed by atoms with van der Waals surface area (Å²) in [7, 11) is 1.89. The van der Waals surface area contributed by atoms with Gasteiger partial charge >= 0.3 is 0 Å². The van der Waals surface area contributed by atoms with Crippen molar-refractivity contribution in [2.24, 2.45) is 7.05 Å². The predicted molar refractivity (Wildman–Crippen MR) is 106 cm³/mol. The zero-order chi connectivity index (χ0) is 19.0. The highest BCUT2D eigenvalue weighted by molar-refractivity contribution is 5.92. The van der Waals surface area contributed by atoms with Crippen LogP contribution in [-0.4, -0.2) is 25.2 Å². The van der Waals surface area contributed by atoms with Crippen molar-refractivity contribution >= 4 is 22.6 Å². The highest BCUT2D eigenvalue weighted by Crippen LogP contribution is 2.20. The van der Waals surface area contributed by atoms with Gasteiger partial charge in [0.1, 0.15) is 6.33 Å². The Hall–Kier alpha value is -3.41. The van der Waals surface area contributed by atoms with Gasteiger partial charge in [-0.3, -0.25) is 14.0 Å². The summed E-state index contributed by atoms with van der Waals surface area (Å²) in [5.74, 6) is -0.0463. The molecular formula is C21H21N5O. The summed E-state index contributed by atoms with van der Waals surface area (Å²) in [6.45, 7) is 3.91. The molecule has 4 rings (SSSR count). The molecule has 0 unspecified atom stereocenters. The molecule has 0 aliphatic rings. The lowest BCUT2D eigenvalue weighted by molar-refractivity contribution is -0.115. The molecule has 2 heterocycles. The zero-order valence-corrected chi connectivity index (χ0v) is 15.6. The number of nitrogens with one attached hydrogen (secondary N) is 1. The summed E-state index contributed by atoms with van der Waals surface area (Å²) in [5, 5.41) is 7.33. The van der Waals surface area contributed by atoms with E-state index in [4.69, 9.17) is 0 Å². The molecule has 1 N–H and O–H groups in total. The van der Waals surface area contributed by atoms with Crippen molar-refractivity contribution in [3.8, 4) is 5.69 Å². The van der Waals surface area contributed by atoms with Crippen molar-refractivity contribution in [3.63, 3.8) is 0 Å². The van der Waals surface area contributed by atoms with Gasteiger partial charge in [0.15, 0.2) is 0 Å². The number of anilines is 1. The van der Waals surface area contributed by atoms with Crippen LogP contribution in [0.2, 0.25) is 0 Å².